The van der Waals surface area contributed by atoms with Gasteiger partial charge in [-0.1, -0.05) is 54.6 Å². The van der Waals surface area contributed by atoms with E-state index in [0.717, 1.165) is 59.3 Å². The smallest absolute Gasteiger partial charge is 0.191 e. The van der Waals surface area contributed by atoms with Crippen molar-refractivity contribution in [3.63, 3.8) is 0 Å². The summed E-state index contributed by atoms with van der Waals surface area (Å²) in [4.78, 5) is 11.7. The van der Waals surface area contributed by atoms with Crippen LogP contribution in [0.3, 0.4) is 0 Å². The zero-order valence-corrected chi connectivity index (χ0v) is 19.6. The first-order chi connectivity index (χ1) is 15.8. The average Bonchev–Trinajstić information content (AvgIpc) is 3.47. The highest BCUT2D eigenvalue weighted by Crippen LogP contribution is 2.27. The number of piperidine rings is 1. The number of pyridine rings is 1. The summed E-state index contributed by atoms with van der Waals surface area (Å²) in [5, 5.41) is 13.2. The van der Waals surface area contributed by atoms with Gasteiger partial charge >= 0.3 is 0 Å². The first-order valence-corrected chi connectivity index (χ1v) is 12.9. The van der Waals surface area contributed by atoms with Crippen LogP contribution in [0.4, 0.5) is 0 Å². The van der Waals surface area contributed by atoms with Gasteiger partial charge in [0.05, 0.1) is 24.5 Å². The Morgan fingerprint density at radius 1 is 0.906 bits per heavy atom. The molecule has 32 heavy (non-hydrogen) atoms. The third-order valence-corrected chi connectivity index (χ3v) is 7.49. The number of hydrogen-bond acceptors (Lipinski definition) is 7. The van der Waals surface area contributed by atoms with E-state index in [-0.39, 0.29) is 0 Å². The van der Waals surface area contributed by atoms with E-state index in [9.17, 15) is 0 Å². The van der Waals surface area contributed by atoms with Crippen LogP contribution in [-0.4, -0.2) is 42.7 Å². The summed E-state index contributed by atoms with van der Waals surface area (Å²) >= 11 is 3.34. The molecule has 0 unspecified atom stereocenters. The van der Waals surface area contributed by atoms with Crippen molar-refractivity contribution < 1.29 is 0 Å². The zero-order valence-electron chi connectivity index (χ0n) is 17.9. The fourth-order valence-electron chi connectivity index (χ4n) is 3.90. The van der Waals surface area contributed by atoms with Crippen LogP contribution in [0.2, 0.25) is 0 Å². The average molecular weight is 463 g/mol. The Morgan fingerprint density at radius 2 is 1.75 bits per heavy atom. The van der Waals surface area contributed by atoms with Crippen molar-refractivity contribution in [1.29, 1.82) is 0 Å². The van der Waals surface area contributed by atoms with E-state index in [1.807, 2.05) is 18.2 Å². The standard InChI is InChI=1S/C24H26N6S2/c1-3-9-19(10-4-1)15-30-22(16-29-13-7-2-8-14-29)27-28-24(30)32-18-20-17-31-23(26-20)21-11-5-6-12-25-21/h1,3-6,9-12,17H,2,7-8,13-16,18H2. The van der Waals surface area contributed by atoms with Crippen molar-refractivity contribution in [2.75, 3.05) is 13.1 Å². The largest absolute Gasteiger partial charge is 0.300 e. The van der Waals surface area contributed by atoms with E-state index < -0.39 is 0 Å². The molecule has 0 atom stereocenters. The second-order valence-electron chi connectivity index (χ2n) is 7.96. The second kappa shape index (κ2) is 10.4. The van der Waals surface area contributed by atoms with Gasteiger partial charge in [-0.25, -0.2) is 4.98 Å². The first-order valence-electron chi connectivity index (χ1n) is 11.0. The van der Waals surface area contributed by atoms with E-state index >= 15 is 0 Å². The first kappa shape index (κ1) is 21.3. The Balaban J connectivity index is 1.33. The van der Waals surface area contributed by atoms with Crippen molar-refractivity contribution in [2.24, 2.45) is 0 Å². The predicted molar refractivity (Wildman–Crippen MR) is 130 cm³/mol. The minimum atomic E-state index is 0.764. The van der Waals surface area contributed by atoms with Crippen LogP contribution in [0.5, 0.6) is 0 Å². The summed E-state index contributed by atoms with van der Waals surface area (Å²) in [5.74, 6) is 1.81. The fraction of sp³-hybridized carbons (Fsp3) is 0.333. The van der Waals surface area contributed by atoms with Crippen LogP contribution in [0, 0.1) is 0 Å². The lowest BCUT2D eigenvalue weighted by atomic mass is 10.1. The number of rotatable bonds is 8. The topological polar surface area (TPSA) is 59.7 Å². The predicted octanol–water partition coefficient (Wildman–Crippen LogP) is 5.12. The molecule has 0 amide bonds. The molecule has 0 saturated carbocycles. The van der Waals surface area contributed by atoms with Crippen molar-refractivity contribution >= 4 is 23.1 Å². The number of thioether (sulfide) groups is 1. The number of nitrogens with zero attached hydrogens (tertiary/aromatic N) is 6. The summed E-state index contributed by atoms with van der Waals surface area (Å²) < 4.78 is 2.28. The monoisotopic (exact) mass is 462 g/mol. The number of likely N-dealkylation sites (tertiary alicyclic amines) is 1. The molecule has 0 aliphatic carbocycles. The van der Waals surface area contributed by atoms with Gasteiger partial charge in [0.1, 0.15) is 10.8 Å². The molecule has 1 saturated heterocycles. The number of thiazole rings is 1. The van der Waals surface area contributed by atoms with Gasteiger partial charge in [0, 0.05) is 17.3 Å². The molecule has 5 rings (SSSR count). The molecule has 1 fully saturated rings. The fourth-order valence-corrected chi connectivity index (χ4v) is 5.65. The van der Waals surface area contributed by atoms with Gasteiger partial charge in [-0.15, -0.1) is 21.5 Å². The molecule has 4 aromatic rings. The molecule has 4 heterocycles. The quantitative estimate of drug-likeness (QED) is 0.339. The third kappa shape index (κ3) is 5.26. The highest BCUT2D eigenvalue weighted by Gasteiger charge is 2.18. The Kier molecular flexibility index (Phi) is 6.91. The normalized spacial score (nSPS) is 14.6. The van der Waals surface area contributed by atoms with Gasteiger partial charge in [0.2, 0.25) is 0 Å². The van der Waals surface area contributed by atoms with Crippen LogP contribution in [0.25, 0.3) is 10.7 Å². The molecule has 0 bridgehead atoms. The molecule has 3 aromatic heterocycles. The third-order valence-electron chi connectivity index (χ3n) is 5.58. The van der Waals surface area contributed by atoms with E-state index in [2.05, 4.69) is 60.4 Å². The summed E-state index contributed by atoms with van der Waals surface area (Å²) in [5.41, 5.74) is 3.23. The van der Waals surface area contributed by atoms with Crippen LogP contribution in [-0.2, 0) is 18.8 Å². The van der Waals surface area contributed by atoms with Crippen molar-refractivity contribution in [3.05, 3.63) is 77.2 Å². The SMILES string of the molecule is c1ccc(Cn2c(CN3CCCCC3)nnc2SCc2csc(-c3ccccn3)n2)cc1. The maximum Gasteiger partial charge on any atom is 0.191 e. The van der Waals surface area contributed by atoms with Crippen LogP contribution in [0.15, 0.2) is 65.3 Å². The minimum absolute atomic E-state index is 0.764. The highest BCUT2D eigenvalue weighted by molar-refractivity contribution is 7.98. The van der Waals surface area contributed by atoms with Crippen LogP contribution in [0.1, 0.15) is 36.3 Å². The number of hydrogen-bond donors (Lipinski definition) is 0. The Hall–Kier alpha value is -2.55. The molecule has 0 N–H and O–H groups in total. The summed E-state index contributed by atoms with van der Waals surface area (Å²) in [6, 6.07) is 16.5. The van der Waals surface area contributed by atoms with Crippen molar-refractivity contribution in [3.8, 4) is 10.7 Å². The molecule has 1 aliphatic heterocycles. The van der Waals surface area contributed by atoms with E-state index in [1.54, 1.807) is 29.3 Å². The lowest BCUT2D eigenvalue weighted by molar-refractivity contribution is 0.213. The van der Waals surface area contributed by atoms with Crippen molar-refractivity contribution in [1.82, 2.24) is 29.6 Å². The Labute approximate surface area is 196 Å². The summed E-state index contributed by atoms with van der Waals surface area (Å²) in [6.45, 7) is 3.95. The maximum atomic E-state index is 4.78. The maximum absolute atomic E-state index is 4.78. The van der Waals surface area contributed by atoms with Gasteiger partial charge in [0.15, 0.2) is 5.16 Å². The van der Waals surface area contributed by atoms with Crippen LogP contribution >= 0.6 is 23.1 Å². The van der Waals surface area contributed by atoms with Gasteiger partial charge < -0.3 is 4.57 Å². The number of aromatic nitrogens is 5. The molecule has 1 aliphatic rings. The van der Waals surface area contributed by atoms with E-state index in [4.69, 9.17) is 4.98 Å². The zero-order chi connectivity index (χ0) is 21.6. The van der Waals surface area contributed by atoms with Crippen molar-refractivity contribution in [2.45, 2.75) is 43.3 Å². The minimum Gasteiger partial charge on any atom is -0.300 e. The lowest BCUT2D eigenvalue weighted by Crippen LogP contribution is -2.30. The molecule has 164 valence electrons. The second-order valence-corrected chi connectivity index (χ2v) is 9.76. The van der Waals surface area contributed by atoms with E-state index in [1.165, 1.54) is 24.8 Å². The molecular formula is C24H26N6S2. The van der Waals surface area contributed by atoms with Crippen LogP contribution < -0.4 is 0 Å². The number of benzene rings is 1. The molecular weight excluding hydrogens is 436 g/mol. The van der Waals surface area contributed by atoms with E-state index in [0.29, 0.717) is 0 Å². The van der Waals surface area contributed by atoms with Gasteiger partial charge in [0.25, 0.3) is 0 Å². The molecule has 0 radical (unpaired) electrons. The molecule has 8 heteroatoms. The summed E-state index contributed by atoms with van der Waals surface area (Å²) in [6.07, 6.45) is 5.69. The lowest BCUT2D eigenvalue weighted by Gasteiger charge is -2.26. The van der Waals surface area contributed by atoms with Gasteiger partial charge in [-0.05, 0) is 43.6 Å². The van der Waals surface area contributed by atoms with Gasteiger partial charge in [-0.2, -0.15) is 0 Å². The molecule has 6 nitrogen and oxygen atoms in total. The Morgan fingerprint density at radius 3 is 2.56 bits per heavy atom. The Bertz CT molecular complexity index is 1120. The summed E-state index contributed by atoms with van der Waals surface area (Å²) in [7, 11) is 0. The van der Waals surface area contributed by atoms with Gasteiger partial charge in [-0.3, -0.25) is 9.88 Å². The highest BCUT2D eigenvalue weighted by atomic mass is 32.2. The molecule has 0 spiro atoms. The molecule has 1 aromatic carbocycles.